The minimum atomic E-state index is -4.67. The first-order valence-corrected chi connectivity index (χ1v) is 13.5. The van der Waals surface area contributed by atoms with E-state index in [-0.39, 0.29) is 35.8 Å². The lowest BCUT2D eigenvalue weighted by Crippen LogP contribution is -2.61. The molecular weight excluding hydrogens is 596 g/mol. The number of hydrogen-bond donors (Lipinski definition) is 6. The number of likely N-dealkylation sites (N-methyl/N-ethyl adjacent to an activating group) is 4. The van der Waals surface area contributed by atoms with Crippen molar-refractivity contribution in [3.63, 3.8) is 0 Å². The highest BCUT2D eigenvalue weighted by atomic mass is 32.3. The molecule has 4 heterocycles. The number of carbonyl (C=O) groups is 4. The van der Waals surface area contributed by atoms with Crippen LogP contribution in [0, 0.1) is 0 Å². The second kappa shape index (κ2) is 13.8. The molecule has 4 aliphatic rings. The van der Waals surface area contributed by atoms with Crippen molar-refractivity contribution in [3.05, 3.63) is 0 Å². The number of nitrogens with two attached hydrogens (primary N) is 4. The van der Waals surface area contributed by atoms with Gasteiger partial charge in [-0.3, -0.25) is 38.3 Å². The van der Waals surface area contributed by atoms with Crippen LogP contribution < -0.4 is 22.9 Å². The highest BCUT2D eigenvalue weighted by Gasteiger charge is 2.51. The molecule has 2 fully saturated rings. The molecule has 0 aliphatic carbocycles. The van der Waals surface area contributed by atoms with Gasteiger partial charge in [0.15, 0.2) is 11.9 Å². The number of nitrogens with zero attached hydrogens (tertiary/aromatic N) is 10. The fourth-order valence-electron chi connectivity index (χ4n) is 4.05. The summed E-state index contributed by atoms with van der Waals surface area (Å²) in [5, 5.41) is 0. The van der Waals surface area contributed by atoms with Crippen LogP contribution in [0.15, 0.2) is 20.0 Å². The second-order valence-corrected chi connectivity index (χ2v) is 9.92. The van der Waals surface area contributed by atoms with Gasteiger partial charge in [-0.05, 0) is 9.98 Å². The Balaban J connectivity index is 0.000000260. The van der Waals surface area contributed by atoms with Gasteiger partial charge in [0.25, 0.3) is 48.2 Å². The van der Waals surface area contributed by atoms with Crippen molar-refractivity contribution in [3.8, 4) is 0 Å². The Kier molecular flexibility index (Phi) is 10.9. The van der Waals surface area contributed by atoms with E-state index >= 15 is 0 Å². The molecule has 10 N–H and O–H groups in total. The normalized spacial score (nSPS) is 20.9. The molecule has 0 aromatic heterocycles. The lowest BCUT2D eigenvalue weighted by molar-refractivity contribution is -0.528. The molecule has 0 aromatic carbocycles. The van der Waals surface area contributed by atoms with Crippen molar-refractivity contribution in [2.75, 3.05) is 54.4 Å². The van der Waals surface area contributed by atoms with Crippen molar-refractivity contribution in [1.29, 1.82) is 0 Å². The van der Waals surface area contributed by atoms with Gasteiger partial charge in [-0.25, -0.2) is 28.7 Å². The zero-order chi connectivity index (χ0) is 32.8. The minimum Gasteiger partial charge on any atom is -0.370 e. The van der Waals surface area contributed by atoms with Crippen molar-refractivity contribution >= 4 is 70.5 Å². The second-order valence-electron chi connectivity index (χ2n) is 9.02. The lowest BCUT2D eigenvalue weighted by atomic mass is 10.1. The summed E-state index contributed by atoms with van der Waals surface area (Å²) in [4.78, 5) is 68.6. The SMILES string of the molecule is CN1C(=O)C2C(=NC=[N+]2CCN=C(N)N)N(C)C1=O.CN1C(=O)C2C(=NC=[N+]2CCN=C(N)N)N(C)C1=O.O=S(=O)(O)O. The summed E-state index contributed by atoms with van der Waals surface area (Å²) in [5.41, 5.74) is 21.0. The molecule has 0 bridgehead atoms. The van der Waals surface area contributed by atoms with E-state index in [0.717, 1.165) is 9.80 Å². The third-order valence-electron chi connectivity index (χ3n) is 6.10. The molecule has 2 unspecified atom stereocenters. The number of amidine groups is 2. The number of guanidine groups is 2. The number of carbonyl (C=O) groups excluding carboxylic acids is 4. The van der Waals surface area contributed by atoms with Gasteiger partial charge >= 0.3 is 22.5 Å². The summed E-state index contributed by atoms with van der Waals surface area (Å²) < 4.78 is 35.0. The van der Waals surface area contributed by atoms with Gasteiger partial charge in [0.2, 0.25) is 0 Å². The molecule has 0 aromatic rings. The van der Waals surface area contributed by atoms with Crippen molar-refractivity contribution in [2.24, 2.45) is 42.9 Å². The van der Waals surface area contributed by atoms with Gasteiger partial charge in [0.05, 0.1) is 13.1 Å². The lowest BCUT2D eigenvalue weighted by Gasteiger charge is -2.30. The average Bonchev–Trinajstić information content (AvgIpc) is 3.52. The maximum Gasteiger partial charge on any atom is 0.394 e. The number of aliphatic imine (C=N–C) groups is 4. The monoisotopic (exact) mass is 630 g/mol. The molecule has 0 spiro atoms. The summed E-state index contributed by atoms with van der Waals surface area (Å²) in [7, 11) is 1.41. The number of fused-ring (bicyclic) bond motifs is 2. The zero-order valence-electron chi connectivity index (χ0n) is 23.7. The molecule has 2 saturated heterocycles. The van der Waals surface area contributed by atoms with E-state index in [4.69, 9.17) is 40.5 Å². The van der Waals surface area contributed by atoms with Gasteiger partial charge in [-0.1, -0.05) is 0 Å². The van der Waals surface area contributed by atoms with E-state index in [2.05, 4.69) is 20.0 Å². The van der Waals surface area contributed by atoms with Gasteiger partial charge < -0.3 is 22.9 Å². The maximum absolute atomic E-state index is 12.1. The van der Waals surface area contributed by atoms with E-state index in [9.17, 15) is 19.2 Å². The molecule has 4 aliphatic heterocycles. The molecule has 236 valence electrons. The minimum absolute atomic E-state index is 0.000256. The zero-order valence-corrected chi connectivity index (χ0v) is 24.5. The van der Waals surface area contributed by atoms with Crippen molar-refractivity contribution in [1.82, 2.24) is 19.6 Å². The standard InChI is InChI=1S/2C10H16N7O2.H2O4S/c2*1-15-7-6(8(18)16(2)10(15)19)17(5-14-7)4-3-13-9(11)12;1-5(2,3)4/h2*5-6H,3-4H2,1-2H3,(H4,11,12,13);(H2,1,2,3,4)/q2*+1;. The van der Waals surface area contributed by atoms with Crippen LogP contribution in [0.3, 0.4) is 0 Å². The summed E-state index contributed by atoms with van der Waals surface area (Å²) in [5.74, 6) is 0.246. The van der Waals surface area contributed by atoms with Crippen LogP contribution >= 0.6 is 0 Å². The van der Waals surface area contributed by atoms with Gasteiger partial charge in [-0.2, -0.15) is 8.42 Å². The van der Waals surface area contributed by atoms with Crippen molar-refractivity contribution in [2.45, 2.75) is 12.1 Å². The van der Waals surface area contributed by atoms with Crippen LogP contribution in [0.2, 0.25) is 0 Å². The summed E-state index contributed by atoms with van der Waals surface area (Å²) in [6.07, 6.45) is 3.06. The molecular formula is C20H34N14O8S+2. The Bertz CT molecular complexity index is 1360. The molecule has 2 atom stereocenters. The van der Waals surface area contributed by atoms with Gasteiger partial charge in [0.1, 0.15) is 13.1 Å². The van der Waals surface area contributed by atoms with Crippen LogP contribution in [-0.2, 0) is 20.0 Å². The Morgan fingerprint density at radius 1 is 0.744 bits per heavy atom. The Labute approximate surface area is 245 Å². The molecule has 23 heteroatoms. The first-order chi connectivity index (χ1) is 19.9. The highest BCUT2D eigenvalue weighted by Crippen LogP contribution is 2.17. The largest absolute Gasteiger partial charge is 0.394 e. The Hall–Kier alpha value is -5.03. The highest BCUT2D eigenvalue weighted by molar-refractivity contribution is 7.79. The third kappa shape index (κ3) is 8.49. The quantitative estimate of drug-likeness (QED) is 0.0693. The topological polar surface area (TPSA) is 315 Å². The number of hydrogen-bond acceptors (Lipinski definition) is 10. The average molecular weight is 631 g/mol. The van der Waals surface area contributed by atoms with Crippen LogP contribution in [0.1, 0.15) is 0 Å². The smallest absolute Gasteiger partial charge is 0.370 e. The molecule has 43 heavy (non-hydrogen) atoms. The van der Waals surface area contributed by atoms with Gasteiger partial charge in [-0.15, -0.1) is 0 Å². The summed E-state index contributed by atoms with van der Waals surface area (Å²) in [6.45, 7) is 1.59. The van der Waals surface area contributed by atoms with E-state index < -0.39 is 22.5 Å². The van der Waals surface area contributed by atoms with Crippen LogP contribution in [-0.4, -0.2) is 173 Å². The van der Waals surface area contributed by atoms with Crippen LogP contribution in [0.5, 0.6) is 0 Å². The van der Waals surface area contributed by atoms with Crippen LogP contribution in [0.25, 0.3) is 0 Å². The number of rotatable bonds is 6. The number of urea groups is 2. The van der Waals surface area contributed by atoms with E-state index in [1.807, 2.05) is 0 Å². The third-order valence-corrected chi connectivity index (χ3v) is 6.10. The molecule has 4 rings (SSSR count). The molecule has 22 nitrogen and oxygen atoms in total. The predicted octanol–water partition coefficient (Wildman–Crippen LogP) is -5.44. The molecule has 6 amide bonds. The van der Waals surface area contributed by atoms with E-state index in [1.54, 1.807) is 23.2 Å². The van der Waals surface area contributed by atoms with E-state index in [0.29, 0.717) is 37.9 Å². The Morgan fingerprint density at radius 2 is 1.05 bits per heavy atom. The summed E-state index contributed by atoms with van der Waals surface area (Å²) in [6, 6.07) is -1.94. The number of imide groups is 2. The fraction of sp³-hybridized carbons (Fsp3) is 0.500. The first-order valence-electron chi connectivity index (χ1n) is 12.1. The maximum atomic E-state index is 12.1. The first kappa shape index (κ1) is 34.2. The van der Waals surface area contributed by atoms with Gasteiger partial charge in [0, 0.05) is 28.2 Å². The predicted molar refractivity (Wildman–Crippen MR) is 152 cm³/mol. The Morgan fingerprint density at radius 3 is 1.33 bits per heavy atom. The van der Waals surface area contributed by atoms with Crippen molar-refractivity contribution < 1.29 is 45.9 Å². The molecule has 0 saturated carbocycles. The number of amides is 6. The van der Waals surface area contributed by atoms with Crippen LogP contribution in [0.4, 0.5) is 9.59 Å². The fourth-order valence-corrected chi connectivity index (χ4v) is 4.05. The summed E-state index contributed by atoms with van der Waals surface area (Å²) >= 11 is 0. The molecule has 0 radical (unpaired) electrons. The van der Waals surface area contributed by atoms with E-state index in [1.165, 1.54) is 36.6 Å².